The molecule has 10 nitrogen and oxygen atoms in total. The van der Waals surface area contributed by atoms with E-state index < -0.39 is 23.9 Å². The van der Waals surface area contributed by atoms with E-state index in [0.717, 1.165) is 80.4 Å². The fourth-order valence-electron chi connectivity index (χ4n) is 5.95. The number of ether oxygens (including phenoxy) is 4. The molecule has 16 heteroatoms. The van der Waals surface area contributed by atoms with Gasteiger partial charge >= 0.3 is 23.9 Å². The summed E-state index contributed by atoms with van der Waals surface area (Å²) in [6, 6.07) is 18.5. The van der Waals surface area contributed by atoms with Crippen molar-refractivity contribution in [3.05, 3.63) is 122 Å². The number of rotatable bonds is 16. The van der Waals surface area contributed by atoms with Crippen LogP contribution in [0.1, 0.15) is 114 Å². The molecular formula is C52H50O10S6. The highest BCUT2D eigenvalue weighted by molar-refractivity contribution is 8.30. The number of thioether (sulfide) groups is 6. The number of esters is 4. The molecule has 0 saturated heterocycles. The zero-order valence-electron chi connectivity index (χ0n) is 39.0. The molecule has 2 heterocycles. The molecule has 0 N–H and O–H groups in total. The molecule has 0 amide bonds. The molecule has 5 rings (SSSR count). The molecule has 0 bridgehead atoms. The first-order valence-corrected chi connectivity index (χ1v) is 26.7. The van der Waals surface area contributed by atoms with E-state index >= 15 is 0 Å². The van der Waals surface area contributed by atoms with Gasteiger partial charge in [-0.2, -0.15) is 0 Å². The Morgan fingerprint density at radius 3 is 0.971 bits per heavy atom. The van der Waals surface area contributed by atoms with E-state index in [9.17, 15) is 28.8 Å². The van der Waals surface area contributed by atoms with Crippen LogP contribution in [-0.4, -0.2) is 60.5 Å². The van der Waals surface area contributed by atoms with Gasteiger partial charge in [0.05, 0.1) is 34.9 Å². The van der Waals surface area contributed by atoms with Crippen molar-refractivity contribution in [2.24, 2.45) is 0 Å². The summed E-state index contributed by atoms with van der Waals surface area (Å²) in [6.45, 7) is 15.1. The molecule has 0 radical (unpaired) electrons. The lowest BCUT2D eigenvalue weighted by Crippen LogP contribution is -2.12. The minimum Gasteiger partial charge on any atom is -0.462 e. The molecule has 2 aliphatic rings. The summed E-state index contributed by atoms with van der Waals surface area (Å²) < 4.78 is 23.4. The molecule has 0 saturated carbocycles. The maximum atomic E-state index is 13.4. The first-order chi connectivity index (χ1) is 32.7. The van der Waals surface area contributed by atoms with Crippen molar-refractivity contribution in [1.82, 2.24) is 0 Å². The van der Waals surface area contributed by atoms with E-state index in [4.69, 9.17) is 18.9 Å². The normalized spacial score (nSPS) is 13.0. The molecule has 354 valence electrons. The number of allylic oxidation sites excluding steroid dienone is 2. The van der Waals surface area contributed by atoms with Crippen LogP contribution in [0.3, 0.4) is 0 Å². The Hall–Kier alpha value is -4.94. The first-order valence-electron chi connectivity index (χ1n) is 21.8. The lowest BCUT2D eigenvalue weighted by Gasteiger charge is -2.15. The van der Waals surface area contributed by atoms with Crippen LogP contribution in [0.25, 0.3) is 11.1 Å². The summed E-state index contributed by atoms with van der Waals surface area (Å²) in [5.74, 6) is 10.9. The summed E-state index contributed by atoms with van der Waals surface area (Å²) in [5, 5.41) is -0.0729. The Labute approximate surface area is 423 Å². The minimum atomic E-state index is -0.616. The van der Waals surface area contributed by atoms with Gasteiger partial charge in [-0.25, -0.2) is 19.2 Å². The fraction of sp³-hybridized carbons (Fsp3) is 0.308. The maximum absolute atomic E-state index is 13.4. The Bertz CT molecular complexity index is 2470. The molecule has 2 aliphatic heterocycles. The van der Waals surface area contributed by atoms with Gasteiger partial charge in [0.25, 0.3) is 0 Å². The molecule has 0 spiro atoms. The summed E-state index contributed by atoms with van der Waals surface area (Å²) in [7, 11) is 0. The highest BCUT2D eigenvalue weighted by atomic mass is 32.2. The van der Waals surface area contributed by atoms with Gasteiger partial charge < -0.3 is 18.9 Å². The zero-order chi connectivity index (χ0) is 49.3. The van der Waals surface area contributed by atoms with Crippen LogP contribution in [0.15, 0.2) is 98.5 Å². The Balaban J connectivity index is 1.76. The predicted molar refractivity (Wildman–Crippen MR) is 279 cm³/mol. The van der Waals surface area contributed by atoms with Crippen LogP contribution in [-0.2, 0) is 47.7 Å². The summed E-state index contributed by atoms with van der Waals surface area (Å²) in [6.07, 6.45) is 2.40. The van der Waals surface area contributed by atoms with E-state index in [1.807, 2.05) is 102 Å². The molecule has 0 unspecified atom stereocenters. The Kier molecular flexibility index (Phi) is 21.2. The standard InChI is InChI=1S/C52H50O10S6/c1-9-25-59-47(55)43-44(48(56)60-26-10-2)66-51(65-43)31(5)41-29-38(20-14-36-17-23-40(24-18-36)64-34(8)54)42(30-37(41)19-13-35-15-21-39(22-16-35)63-33(7)53)32(6)52-67-45(49(57)61-27-11-3)46(68-52)50(58)62-28-12-4/h15-18,21-24,29-30H,9-12,25-28H2,1-8H3. The lowest BCUT2D eigenvalue weighted by molar-refractivity contribution is -0.141. The van der Waals surface area contributed by atoms with Crippen molar-refractivity contribution in [3.63, 3.8) is 0 Å². The second-order valence-corrected chi connectivity index (χ2v) is 21.9. The number of carbonyl (C=O) groups excluding carboxylic acids is 6. The van der Waals surface area contributed by atoms with Gasteiger partial charge in [0.15, 0.2) is 10.2 Å². The third kappa shape index (κ3) is 15.0. The molecule has 0 aromatic heterocycles. The Morgan fingerprint density at radius 1 is 0.441 bits per heavy atom. The third-order valence-corrected chi connectivity index (χ3v) is 16.3. The highest BCUT2D eigenvalue weighted by Gasteiger charge is 2.36. The monoisotopic (exact) mass is 1030 g/mol. The molecule has 0 atom stereocenters. The van der Waals surface area contributed by atoms with E-state index in [2.05, 4.69) is 23.7 Å². The smallest absolute Gasteiger partial charge is 0.346 e. The molecule has 3 aromatic carbocycles. The maximum Gasteiger partial charge on any atom is 0.346 e. The second-order valence-electron chi connectivity index (χ2n) is 14.8. The van der Waals surface area contributed by atoms with Crippen molar-refractivity contribution in [2.45, 2.75) is 90.9 Å². The van der Waals surface area contributed by atoms with Gasteiger partial charge in [0.1, 0.15) is 19.6 Å². The van der Waals surface area contributed by atoms with Crippen molar-refractivity contribution >= 4 is 116 Å². The van der Waals surface area contributed by atoms with Crippen LogP contribution in [0.5, 0.6) is 0 Å². The molecule has 0 fully saturated rings. The van der Waals surface area contributed by atoms with Crippen LogP contribution < -0.4 is 0 Å². The topological polar surface area (TPSA) is 139 Å². The fourth-order valence-corrected chi connectivity index (χ4v) is 12.1. The van der Waals surface area contributed by atoms with E-state index in [-0.39, 0.29) is 56.3 Å². The lowest BCUT2D eigenvalue weighted by atomic mass is 9.92. The minimum absolute atomic E-state index is 0.0364. The number of benzene rings is 3. The van der Waals surface area contributed by atoms with Crippen LogP contribution in [0.2, 0.25) is 0 Å². The zero-order valence-corrected chi connectivity index (χ0v) is 43.9. The van der Waals surface area contributed by atoms with E-state index in [1.54, 1.807) is 0 Å². The molecule has 0 aliphatic carbocycles. The Morgan fingerprint density at radius 2 is 0.721 bits per heavy atom. The van der Waals surface area contributed by atoms with Crippen molar-refractivity contribution in [2.75, 3.05) is 26.4 Å². The number of hydrogen-bond acceptors (Lipinski definition) is 16. The van der Waals surface area contributed by atoms with Crippen LogP contribution >= 0.6 is 70.6 Å². The third-order valence-electron chi connectivity index (χ3n) is 9.18. The summed E-state index contributed by atoms with van der Waals surface area (Å²) in [4.78, 5) is 79.5. The van der Waals surface area contributed by atoms with Crippen molar-refractivity contribution < 1.29 is 47.7 Å². The largest absolute Gasteiger partial charge is 0.462 e. The molecule has 68 heavy (non-hydrogen) atoms. The van der Waals surface area contributed by atoms with Crippen molar-refractivity contribution in [1.29, 1.82) is 0 Å². The average Bonchev–Trinajstić information content (AvgIpc) is 3.99. The van der Waals surface area contributed by atoms with Gasteiger partial charge in [-0.05, 0) is 122 Å². The highest BCUT2D eigenvalue weighted by Crippen LogP contribution is 2.55. The number of carbonyl (C=O) groups is 6. The average molecular weight is 1030 g/mol. The predicted octanol–water partition coefficient (Wildman–Crippen LogP) is 12.3. The molecular weight excluding hydrogens is 977 g/mol. The van der Waals surface area contributed by atoms with Crippen LogP contribution in [0, 0.1) is 23.7 Å². The van der Waals surface area contributed by atoms with Gasteiger partial charge in [-0.3, -0.25) is 9.59 Å². The van der Waals surface area contributed by atoms with Gasteiger partial charge in [0.2, 0.25) is 0 Å². The van der Waals surface area contributed by atoms with E-state index in [1.165, 1.54) is 13.8 Å². The number of hydrogen-bond donors (Lipinski definition) is 0. The summed E-state index contributed by atoms with van der Waals surface area (Å²) in [5.41, 5.74) is 5.26. The quantitative estimate of drug-likeness (QED) is 0.0581. The first kappa shape index (κ1) is 54.0. The second kappa shape index (κ2) is 26.7. The molecule has 3 aromatic rings. The van der Waals surface area contributed by atoms with Crippen LogP contribution in [0.4, 0.5) is 0 Å². The van der Waals surface area contributed by atoms with Gasteiger partial charge in [-0.15, -0.1) is 0 Å². The SMILES string of the molecule is CCCOC(=O)C1=C(C(=O)OCCC)SC(=C(C)c2cc(C#Cc3ccc(SC(C)=O)cc3)c(C(C)=C3SC(C(=O)OCCC)=C(C(=O)OCCC)S3)cc2C#Cc2ccc(SC(C)=O)cc2)S1. The van der Waals surface area contributed by atoms with Gasteiger partial charge in [0, 0.05) is 45.9 Å². The summed E-state index contributed by atoms with van der Waals surface area (Å²) >= 11 is 6.80. The van der Waals surface area contributed by atoms with E-state index in [0.29, 0.717) is 78.7 Å². The van der Waals surface area contributed by atoms with Crippen molar-refractivity contribution in [3.8, 4) is 23.7 Å². The van der Waals surface area contributed by atoms with Gasteiger partial charge in [-0.1, -0.05) is 122 Å².